The zero-order valence-corrected chi connectivity index (χ0v) is 18.5. The van der Waals surface area contributed by atoms with E-state index in [0.29, 0.717) is 35.4 Å². The number of nitrogens with one attached hydrogen (secondary N) is 1. The number of hydrogen-bond donors (Lipinski definition) is 1. The SMILES string of the molecule is Cc1noc2ccc(-c3cc(NS(=O)(=O)C4CC4)ccc3Oc3ccc(Cl)cc3F)cc12. The van der Waals surface area contributed by atoms with Crippen molar-refractivity contribution in [3.63, 3.8) is 0 Å². The van der Waals surface area contributed by atoms with Crippen molar-refractivity contribution in [2.75, 3.05) is 4.72 Å². The Morgan fingerprint density at radius 2 is 1.88 bits per heavy atom. The molecule has 1 N–H and O–H groups in total. The maximum Gasteiger partial charge on any atom is 0.235 e. The fourth-order valence-electron chi connectivity index (χ4n) is 3.44. The van der Waals surface area contributed by atoms with Crippen LogP contribution in [0.25, 0.3) is 22.1 Å². The van der Waals surface area contributed by atoms with Crippen molar-refractivity contribution in [3.05, 3.63) is 71.1 Å². The molecule has 0 saturated heterocycles. The fourth-order valence-corrected chi connectivity index (χ4v) is 4.97. The molecule has 0 unspecified atom stereocenters. The van der Waals surface area contributed by atoms with E-state index in [9.17, 15) is 12.8 Å². The molecule has 1 heterocycles. The Morgan fingerprint density at radius 3 is 2.62 bits per heavy atom. The van der Waals surface area contributed by atoms with Crippen molar-refractivity contribution in [1.82, 2.24) is 5.16 Å². The highest BCUT2D eigenvalue weighted by Crippen LogP contribution is 2.39. The van der Waals surface area contributed by atoms with Gasteiger partial charge in [-0.1, -0.05) is 22.8 Å². The number of aryl methyl sites for hydroxylation is 1. The molecule has 9 heteroatoms. The highest BCUT2D eigenvalue weighted by molar-refractivity contribution is 7.93. The van der Waals surface area contributed by atoms with E-state index < -0.39 is 15.8 Å². The van der Waals surface area contributed by atoms with Gasteiger partial charge in [-0.25, -0.2) is 12.8 Å². The van der Waals surface area contributed by atoms with Crippen molar-refractivity contribution in [2.24, 2.45) is 0 Å². The van der Waals surface area contributed by atoms with E-state index in [-0.39, 0.29) is 16.0 Å². The Labute approximate surface area is 189 Å². The third-order valence-corrected chi connectivity index (χ3v) is 7.38. The molecule has 1 aliphatic carbocycles. The van der Waals surface area contributed by atoms with E-state index in [2.05, 4.69) is 9.88 Å². The molecule has 0 aliphatic heterocycles. The van der Waals surface area contributed by atoms with Crippen molar-refractivity contribution in [2.45, 2.75) is 25.0 Å². The van der Waals surface area contributed by atoms with Crippen LogP contribution in [0.4, 0.5) is 10.1 Å². The molecule has 0 bridgehead atoms. The van der Waals surface area contributed by atoms with Crippen LogP contribution in [0.1, 0.15) is 18.5 Å². The van der Waals surface area contributed by atoms with Crippen LogP contribution in [0, 0.1) is 12.7 Å². The van der Waals surface area contributed by atoms with E-state index in [1.807, 2.05) is 19.1 Å². The first kappa shape index (κ1) is 20.8. The summed E-state index contributed by atoms with van der Waals surface area (Å²) >= 11 is 5.84. The molecule has 1 aromatic heterocycles. The highest BCUT2D eigenvalue weighted by Gasteiger charge is 2.35. The van der Waals surface area contributed by atoms with Gasteiger partial charge in [0.05, 0.1) is 10.9 Å². The fraction of sp³-hybridized carbons (Fsp3) is 0.174. The third-order valence-electron chi connectivity index (χ3n) is 5.28. The largest absolute Gasteiger partial charge is 0.454 e. The lowest BCUT2D eigenvalue weighted by Crippen LogP contribution is -2.17. The molecule has 164 valence electrons. The summed E-state index contributed by atoms with van der Waals surface area (Å²) in [6, 6.07) is 14.5. The van der Waals surface area contributed by atoms with Gasteiger partial charge in [0.25, 0.3) is 0 Å². The predicted molar refractivity (Wildman–Crippen MR) is 121 cm³/mol. The van der Waals surface area contributed by atoms with Gasteiger partial charge in [0.15, 0.2) is 17.1 Å². The van der Waals surface area contributed by atoms with E-state index in [4.69, 9.17) is 20.9 Å². The van der Waals surface area contributed by atoms with Gasteiger partial charge in [-0.2, -0.15) is 0 Å². The van der Waals surface area contributed by atoms with Crippen molar-refractivity contribution in [3.8, 4) is 22.6 Å². The van der Waals surface area contributed by atoms with Crippen LogP contribution in [0.15, 0.2) is 59.1 Å². The van der Waals surface area contributed by atoms with Gasteiger partial charge >= 0.3 is 0 Å². The first-order valence-electron chi connectivity index (χ1n) is 9.95. The molecule has 0 spiro atoms. The lowest BCUT2D eigenvalue weighted by atomic mass is 10.0. The number of hydrogen-bond acceptors (Lipinski definition) is 5. The van der Waals surface area contributed by atoms with Gasteiger partial charge < -0.3 is 9.26 Å². The minimum absolute atomic E-state index is 0.00389. The maximum absolute atomic E-state index is 14.4. The van der Waals surface area contributed by atoms with Gasteiger partial charge in [-0.05, 0) is 73.9 Å². The zero-order valence-electron chi connectivity index (χ0n) is 16.9. The molecular formula is C23H18ClFN2O4S. The van der Waals surface area contributed by atoms with Gasteiger partial charge in [0, 0.05) is 21.7 Å². The van der Waals surface area contributed by atoms with Crippen LogP contribution in [0.5, 0.6) is 11.5 Å². The summed E-state index contributed by atoms with van der Waals surface area (Å²) < 4.78 is 53.0. The molecule has 32 heavy (non-hydrogen) atoms. The molecule has 1 fully saturated rings. The van der Waals surface area contributed by atoms with Crippen LogP contribution in [0.3, 0.4) is 0 Å². The molecule has 0 amide bonds. The van der Waals surface area contributed by atoms with Crippen LogP contribution in [-0.4, -0.2) is 18.8 Å². The van der Waals surface area contributed by atoms with Crippen molar-refractivity contribution >= 4 is 38.3 Å². The summed E-state index contributed by atoms with van der Waals surface area (Å²) in [7, 11) is -3.45. The van der Waals surface area contributed by atoms with E-state index >= 15 is 0 Å². The minimum Gasteiger partial charge on any atom is -0.454 e. The number of anilines is 1. The number of rotatable bonds is 6. The molecule has 3 aromatic carbocycles. The Bertz CT molecular complexity index is 1450. The van der Waals surface area contributed by atoms with E-state index in [1.165, 1.54) is 18.2 Å². The average molecular weight is 473 g/mol. The number of fused-ring (bicyclic) bond motifs is 1. The van der Waals surface area contributed by atoms with Crippen LogP contribution >= 0.6 is 11.6 Å². The van der Waals surface area contributed by atoms with Crippen LogP contribution in [-0.2, 0) is 10.0 Å². The van der Waals surface area contributed by atoms with Crippen LogP contribution in [0.2, 0.25) is 5.02 Å². The minimum atomic E-state index is -3.45. The first-order chi connectivity index (χ1) is 15.3. The number of ether oxygens (including phenoxy) is 1. The molecule has 1 aliphatic rings. The summed E-state index contributed by atoms with van der Waals surface area (Å²) in [5.74, 6) is -0.245. The number of nitrogens with zero attached hydrogens (tertiary/aromatic N) is 1. The lowest BCUT2D eigenvalue weighted by molar-refractivity contribution is 0.444. The summed E-state index contributed by atoms with van der Waals surface area (Å²) in [5.41, 5.74) is 3.07. The Morgan fingerprint density at radius 1 is 1.09 bits per heavy atom. The molecule has 0 atom stereocenters. The number of sulfonamides is 1. The standard InChI is InChI=1S/C23H18ClFN2O4S/c1-13-18-10-14(2-7-22(18)31-26-13)19-12-16(27-32(28,29)17-5-6-17)4-9-21(19)30-23-8-3-15(24)11-20(23)25/h2-4,7-12,17,27H,5-6H2,1H3. The molecule has 6 nitrogen and oxygen atoms in total. The normalized spacial score (nSPS) is 14.0. The van der Waals surface area contributed by atoms with Gasteiger partial charge in [-0.15, -0.1) is 0 Å². The molecule has 4 aromatic rings. The summed E-state index contributed by atoms with van der Waals surface area (Å²) in [6.45, 7) is 1.83. The smallest absolute Gasteiger partial charge is 0.235 e. The van der Waals surface area contributed by atoms with Crippen LogP contribution < -0.4 is 9.46 Å². The second-order valence-corrected chi connectivity index (χ2v) is 10.1. The average Bonchev–Trinajstić information content (AvgIpc) is 3.56. The van der Waals surface area contributed by atoms with Crippen molar-refractivity contribution in [1.29, 1.82) is 0 Å². The lowest BCUT2D eigenvalue weighted by Gasteiger charge is -2.15. The quantitative estimate of drug-likeness (QED) is 0.356. The second kappa shape index (κ2) is 7.79. The topological polar surface area (TPSA) is 81.4 Å². The zero-order chi connectivity index (χ0) is 22.5. The van der Waals surface area contributed by atoms with Gasteiger partial charge in [0.2, 0.25) is 10.0 Å². The number of aromatic nitrogens is 1. The predicted octanol–water partition coefficient (Wildman–Crippen LogP) is 6.29. The highest BCUT2D eigenvalue weighted by atomic mass is 35.5. The maximum atomic E-state index is 14.4. The monoisotopic (exact) mass is 472 g/mol. The van der Waals surface area contributed by atoms with Gasteiger partial charge in [-0.3, -0.25) is 4.72 Å². The summed E-state index contributed by atoms with van der Waals surface area (Å²) in [4.78, 5) is 0. The molecule has 0 radical (unpaired) electrons. The molecule has 1 saturated carbocycles. The first-order valence-corrected chi connectivity index (χ1v) is 11.9. The third kappa shape index (κ3) is 4.03. The Hall–Kier alpha value is -3.10. The number of benzene rings is 3. The van der Waals surface area contributed by atoms with E-state index in [1.54, 1.807) is 24.3 Å². The van der Waals surface area contributed by atoms with Gasteiger partial charge in [0.1, 0.15) is 5.75 Å². The molecule has 5 rings (SSSR count). The Balaban J connectivity index is 1.60. The Kier molecular flexibility index (Phi) is 5.06. The summed E-state index contributed by atoms with van der Waals surface area (Å²) in [6.07, 6.45) is 1.31. The number of halogens is 2. The second-order valence-electron chi connectivity index (χ2n) is 7.71. The molecular weight excluding hydrogens is 455 g/mol. The van der Waals surface area contributed by atoms with E-state index in [0.717, 1.165) is 16.6 Å². The van der Waals surface area contributed by atoms with Crippen molar-refractivity contribution < 1.29 is 22.1 Å². The summed E-state index contributed by atoms with van der Waals surface area (Å²) in [5, 5.41) is 4.69.